The molecule has 1 saturated carbocycles. The molecule has 6 heteroatoms. The van der Waals surface area contributed by atoms with E-state index in [0.717, 1.165) is 26.3 Å². The summed E-state index contributed by atoms with van der Waals surface area (Å²) < 4.78 is 5.59. The summed E-state index contributed by atoms with van der Waals surface area (Å²) >= 11 is 0. The molecule has 1 aliphatic heterocycles. The number of hydrogen-bond acceptors (Lipinski definition) is 4. The summed E-state index contributed by atoms with van der Waals surface area (Å²) in [5.41, 5.74) is -0.363. The fourth-order valence-corrected chi connectivity index (χ4v) is 3.39. The van der Waals surface area contributed by atoms with Crippen LogP contribution in [0.15, 0.2) is 0 Å². The minimum Gasteiger partial charge on any atom is -0.379 e. The molecule has 1 heterocycles. The van der Waals surface area contributed by atoms with Gasteiger partial charge in [-0.25, -0.2) is 0 Å². The second-order valence-corrected chi connectivity index (χ2v) is 6.68. The van der Waals surface area contributed by atoms with Crippen molar-refractivity contribution in [2.24, 2.45) is 11.3 Å². The van der Waals surface area contributed by atoms with E-state index in [4.69, 9.17) is 4.74 Å². The third kappa shape index (κ3) is 4.81. The first-order valence-corrected chi connectivity index (χ1v) is 7.81. The van der Waals surface area contributed by atoms with Crippen LogP contribution in [0.5, 0.6) is 0 Å². The summed E-state index contributed by atoms with van der Waals surface area (Å²) in [5.74, 6) is 0.717. The van der Waals surface area contributed by atoms with Gasteiger partial charge in [-0.15, -0.1) is 12.4 Å². The summed E-state index contributed by atoms with van der Waals surface area (Å²) in [6.45, 7) is 7.31. The zero-order valence-corrected chi connectivity index (χ0v) is 14.2. The highest BCUT2D eigenvalue weighted by Crippen LogP contribution is 2.30. The molecule has 124 valence electrons. The number of carbonyl (C=O) groups is 1. The lowest BCUT2D eigenvalue weighted by Crippen LogP contribution is -2.52. The van der Waals surface area contributed by atoms with Gasteiger partial charge in [0.1, 0.15) is 0 Å². The van der Waals surface area contributed by atoms with Gasteiger partial charge in [-0.05, 0) is 32.6 Å². The van der Waals surface area contributed by atoms with E-state index in [1.54, 1.807) is 7.05 Å². The number of ether oxygens (including phenoxy) is 1. The lowest BCUT2D eigenvalue weighted by molar-refractivity contribution is -0.128. The number of morpholine rings is 1. The molecule has 1 aliphatic carbocycles. The maximum absolute atomic E-state index is 11.8. The fraction of sp³-hybridized carbons (Fsp3) is 0.933. The van der Waals surface area contributed by atoms with Crippen molar-refractivity contribution in [3.63, 3.8) is 0 Å². The third-order valence-electron chi connectivity index (χ3n) is 4.68. The van der Waals surface area contributed by atoms with Gasteiger partial charge in [0.2, 0.25) is 5.91 Å². The molecule has 1 amide bonds. The Morgan fingerprint density at radius 3 is 2.76 bits per heavy atom. The minimum absolute atomic E-state index is 0. The highest BCUT2D eigenvalue weighted by atomic mass is 35.5. The van der Waals surface area contributed by atoms with Crippen LogP contribution in [0, 0.1) is 11.3 Å². The van der Waals surface area contributed by atoms with E-state index in [-0.39, 0.29) is 23.7 Å². The molecule has 0 spiro atoms. The molecule has 1 saturated heterocycles. The van der Waals surface area contributed by atoms with Crippen molar-refractivity contribution in [1.29, 1.82) is 0 Å². The molecule has 3 atom stereocenters. The average Bonchev–Trinajstić information content (AvgIpc) is 2.93. The lowest BCUT2D eigenvalue weighted by atomic mass is 9.89. The van der Waals surface area contributed by atoms with Gasteiger partial charge in [0.05, 0.1) is 18.6 Å². The smallest absolute Gasteiger partial charge is 0.226 e. The number of nitrogens with one attached hydrogen (secondary N) is 3. The molecule has 0 aromatic rings. The number of hydrogen-bond donors (Lipinski definition) is 3. The minimum atomic E-state index is -0.363. The van der Waals surface area contributed by atoms with Crippen LogP contribution in [0.25, 0.3) is 0 Å². The number of carbonyl (C=O) groups excluding carboxylic acids is 1. The van der Waals surface area contributed by atoms with Gasteiger partial charge in [0, 0.05) is 32.2 Å². The van der Waals surface area contributed by atoms with Crippen molar-refractivity contribution in [2.45, 2.75) is 45.2 Å². The van der Waals surface area contributed by atoms with E-state index in [2.05, 4.69) is 16.0 Å². The normalized spacial score (nSPS) is 29.8. The Balaban J connectivity index is 0.00000220. The molecule has 0 bridgehead atoms. The zero-order chi connectivity index (χ0) is 14.6. The van der Waals surface area contributed by atoms with Gasteiger partial charge < -0.3 is 20.7 Å². The van der Waals surface area contributed by atoms with Crippen molar-refractivity contribution >= 4 is 18.3 Å². The van der Waals surface area contributed by atoms with Gasteiger partial charge in [0.25, 0.3) is 0 Å². The predicted molar refractivity (Wildman–Crippen MR) is 86.8 cm³/mol. The highest BCUT2D eigenvalue weighted by Gasteiger charge is 2.36. The van der Waals surface area contributed by atoms with E-state index < -0.39 is 0 Å². The number of amides is 1. The predicted octanol–water partition coefficient (Wildman–Crippen LogP) is 0.927. The van der Waals surface area contributed by atoms with Crippen LogP contribution in [0.4, 0.5) is 0 Å². The van der Waals surface area contributed by atoms with Crippen molar-refractivity contribution in [3.8, 4) is 0 Å². The Bertz CT molecular complexity index is 333. The summed E-state index contributed by atoms with van der Waals surface area (Å²) in [6.07, 6.45) is 3.71. The Labute approximate surface area is 134 Å². The van der Waals surface area contributed by atoms with Gasteiger partial charge in [-0.2, -0.15) is 0 Å². The van der Waals surface area contributed by atoms with Gasteiger partial charge >= 0.3 is 0 Å². The van der Waals surface area contributed by atoms with Gasteiger partial charge in [0.15, 0.2) is 0 Å². The summed E-state index contributed by atoms with van der Waals surface area (Å²) in [6, 6.07) is 0.963. The first-order valence-electron chi connectivity index (χ1n) is 7.81. The second-order valence-electron chi connectivity index (χ2n) is 6.68. The molecule has 2 rings (SSSR count). The molecule has 5 nitrogen and oxygen atoms in total. The van der Waals surface area contributed by atoms with Crippen molar-refractivity contribution in [1.82, 2.24) is 16.0 Å². The maximum Gasteiger partial charge on any atom is 0.226 e. The van der Waals surface area contributed by atoms with E-state index >= 15 is 0 Å². The number of rotatable bonds is 5. The molecular weight excluding hydrogens is 290 g/mol. The average molecular weight is 320 g/mol. The number of halogens is 1. The Hall–Kier alpha value is -0.360. The SMILES string of the molecule is CNC(=O)C(C)(C)CNC1CCCC1C1COCCN1.Cl. The van der Waals surface area contributed by atoms with Crippen LogP contribution >= 0.6 is 12.4 Å². The van der Waals surface area contributed by atoms with Crippen LogP contribution in [0.2, 0.25) is 0 Å². The molecule has 21 heavy (non-hydrogen) atoms. The van der Waals surface area contributed by atoms with E-state index in [0.29, 0.717) is 18.0 Å². The summed E-state index contributed by atoms with van der Waals surface area (Å²) in [7, 11) is 1.70. The standard InChI is InChI=1S/C15H29N3O2.ClH/c1-15(2,14(19)16-3)10-18-12-6-4-5-11(12)13-9-20-8-7-17-13;/h11-13,17-18H,4-10H2,1-3H3,(H,16,19);1H. The van der Waals surface area contributed by atoms with Crippen molar-refractivity contribution in [2.75, 3.05) is 33.4 Å². The van der Waals surface area contributed by atoms with Gasteiger partial charge in [-0.3, -0.25) is 4.79 Å². The van der Waals surface area contributed by atoms with Crippen LogP contribution in [-0.4, -0.2) is 51.3 Å². The van der Waals surface area contributed by atoms with E-state index in [1.165, 1.54) is 19.3 Å². The Kier molecular flexibility index (Phi) is 7.40. The summed E-state index contributed by atoms with van der Waals surface area (Å²) in [4.78, 5) is 11.8. The first-order chi connectivity index (χ1) is 9.54. The molecule has 0 aromatic carbocycles. The molecule has 3 unspecified atom stereocenters. The quantitative estimate of drug-likeness (QED) is 0.705. The maximum atomic E-state index is 11.8. The van der Waals surface area contributed by atoms with Crippen LogP contribution in [0.3, 0.4) is 0 Å². The molecule has 0 aromatic heterocycles. The third-order valence-corrected chi connectivity index (χ3v) is 4.68. The topological polar surface area (TPSA) is 62.4 Å². The largest absolute Gasteiger partial charge is 0.379 e. The highest BCUT2D eigenvalue weighted by molar-refractivity contribution is 5.85. The Morgan fingerprint density at radius 1 is 1.38 bits per heavy atom. The van der Waals surface area contributed by atoms with Crippen molar-refractivity contribution in [3.05, 3.63) is 0 Å². The fourth-order valence-electron chi connectivity index (χ4n) is 3.39. The monoisotopic (exact) mass is 319 g/mol. The van der Waals surface area contributed by atoms with Crippen LogP contribution in [0.1, 0.15) is 33.1 Å². The Morgan fingerprint density at radius 2 is 2.14 bits per heavy atom. The van der Waals surface area contributed by atoms with Crippen LogP contribution in [-0.2, 0) is 9.53 Å². The first kappa shape index (κ1) is 18.7. The molecule has 2 aliphatic rings. The van der Waals surface area contributed by atoms with E-state index in [1.807, 2.05) is 13.8 Å². The molecule has 0 radical (unpaired) electrons. The summed E-state index contributed by atoms with van der Waals surface area (Å²) in [5, 5.41) is 9.95. The molecular formula is C15H30ClN3O2. The van der Waals surface area contributed by atoms with Gasteiger partial charge in [-0.1, -0.05) is 6.42 Å². The second kappa shape index (κ2) is 8.32. The molecule has 2 fully saturated rings. The zero-order valence-electron chi connectivity index (χ0n) is 13.4. The van der Waals surface area contributed by atoms with Crippen LogP contribution < -0.4 is 16.0 Å². The van der Waals surface area contributed by atoms with Crippen molar-refractivity contribution < 1.29 is 9.53 Å². The van der Waals surface area contributed by atoms with E-state index in [9.17, 15) is 4.79 Å². The lowest BCUT2D eigenvalue weighted by Gasteiger charge is -2.34. The molecule has 3 N–H and O–H groups in total.